The Morgan fingerprint density at radius 3 is 2.73 bits per heavy atom. The van der Waals surface area contributed by atoms with Crippen molar-refractivity contribution in [1.29, 1.82) is 0 Å². The van der Waals surface area contributed by atoms with Crippen LogP contribution in [0.2, 0.25) is 6.32 Å². The van der Waals surface area contributed by atoms with Crippen LogP contribution in [-0.2, 0) is 9.31 Å². The summed E-state index contributed by atoms with van der Waals surface area (Å²) >= 11 is 0. The molecule has 1 saturated heterocycles. The van der Waals surface area contributed by atoms with Gasteiger partial charge in [-0.15, -0.1) is 0 Å². The molecule has 1 aliphatic rings. The first-order valence-corrected chi connectivity index (χ1v) is 4.51. The molecule has 0 N–H and O–H groups in total. The lowest BCUT2D eigenvalue weighted by atomic mass is 9.80. The van der Waals surface area contributed by atoms with Crippen molar-refractivity contribution >= 4 is 7.12 Å². The van der Waals surface area contributed by atoms with E-state index in [-0.39, 0.29) is 7.12 Å². The molecule has 0 spiro atoms. The molecule has 11 heavy (non-hydrogen) atoms. The highest BCUT2D eigenvalue weighted by atomic mass is 16.6. The normalized spacial score (nSPS) is 32.5. The minimum atomic E-state index is 0.0613. The molecule has 2 nitrogen and oxygen atoms in total. The highest BCUT2D eigenvalue weighted by molar-refractivity contribution is 6.44. The molecule has 0 aromatic carbocycles. The molecule has 0 aliphatic carbocycles. The smallest absolute Gasteiger partial charge is 0.411 e. The highest BCUT2D eigenvalue weighted by Crippen LogP contribution is 2.18. The molecule has 1 fully saturated rings. The fourth-order valence-corrected chi connectivity index (χ4v) is 1.19. The van der Waals surface area contributed by atoms with Crippen LogP contribution in [0.3, 0.4) is 0 Å². The van der Waals surface area contributed by atoms with Crippen LogP contribution in [0.25, 0.3) is 0 Å². The SMILES string of the molecule is CCCB1OC[C@H](C)[C@H](C)O1. The Labute approximate surface area is 69.4 Å². The summed E-state index contributed by atoms with van der Waals surface area (Å²) in [6.45, 7) is 7.28. The predicted octanol–water partition coefficient (Wildman–Crippen LogP) is 1.96. The van der Waals surface area contributed by atoms with Crippen molar-refractivity contribution in [2.45, 2.75) is 39.6 Å². The summed E-state index contributed by atoms with van der Waals surface area (Å²) in [4.78, 5) is 0. The monoisotopic (exact) mass is 156 g/mol. The number of hydrogen-bond donors (Lipinski definition) is 0. The van der Waals surface area contributed by atoms with Gasteiger partial charge in [-0.05, 0) is 13.2 Å². The average molecular weight is 156 g/mol. The van der Waals surface area contributed by atoms with E-state index in [0.717, 1.165) is 19.3 Å². The summed E-state index contributed by atoms with van der Waals surface area (Å²) in [7, 11) is 0.0613. The number of hydrogen-bond acceptors (Lipinski definition) is 2. The Bertz CT molecular complexity index is 119. The molecule has 0 aromatic rings. The Balaban J connectivity index is 2.28. The predicted molar refractivity (Wildman–Crippen MR) is 46.5 cm³/mol. The van der Waals surface area contributed by atoms with Crippen molar-refractivity contribution in [3.05, 3.63) is 0 Å². The maximum Gasteiger partial charge on any atom is 0.457 e. The molecule has 0 amide bonds. The van der Waals surface area contributed by atoms with Crippen molar-refractivity contribution in [2.24, 2.45) is 5.92 Å². The minimum Gasteiger partial charge on any atom is -0.411 e. The van der Waals surface area contributed by atoms with Gasteiger partial charge >= 0.3 is 7.12 Å². The highest BCUT2D eigenvalue weighted by Gasteiger charge is 2.28. The topological polar surface area (TPSA) is 18.5 Å². The molecular weight excluding hydrogens is 139 g/mol. The zero-order valence-corrected chi connectivity index (χ0v) is 7.67. The van der Waals surface area contributed by atoms with Crippen LogP contribution in [0.15, 0.2) is 0 Å². The lowest BCUT2D eigenvalue weighted by Gasteiger charge is -2.30. The zero-order chi connectivity index (χ0) is 8.27. The van der Waals surface area contributed by atoms with E-state index in [9.17, 15) is 0 Å². The van der Waals surface area contributed by atoms with E-state index in [0.29, 0.717) is 12.0 Å². The molecular formula is C8H17BO2. The van der Waals surface area contributed by atoms with Crippen molar-refractivity contribution < 1.29 is 9.31 Å². The quantitative estimate of drug-likeness (QED) is 0.569. The van der Waals surface area contributed by atoms with Gasteiger partial charge in [0.25, 0.3) is 0 Å². The molecule has 64 valence electrons. The van der Waals surface area contributed by atoms with Crippen LogP contribution >= 0.6 is 0 Å². The summed E-state index contributed by atoms with van der Waals surface area (Å²) in [5.74, 6) is 0.545. The first-order chi connectivity index (χ1) is 5.24. The molecule has 0 unspecified atom stereocenters. The molecule has 0 aromatic heterocycles. The van der Waals surface area contributed by atoms with E-state index in [4.69, 9.17) is 9.31 Å². The first-order valence-electron chi connectivity index (χ1n) is 4.51. The Morgan fingerprint density at radius 1 is 1.45 bits per heavy atom. The summed E-state index contributed by atoms with van der Waals surface area (Å²) in [6.07, 6.45) is 2.52. The molecule has 0 radical (unpaired) electrons. The van der Waals surface area contributed by atoms with E-state index in [1.165, 1.54) is 0 Å². The fourth-order valence-electron chi connectivity index (χ4n) is 1.19. The van der Waals surface area contributed by atoms with Crippen molar-refractivity contribution in [1.82, 2.24) is 0 Å². The molecule has 2 atom stereocenters. The van der Waals surface area contributed by atoms with Crippen LogP contribution in [0.4, 0.5) is 0 Å². The van der Waals surface area contributed by atoms with Gasteiger partial charge in [0.15, 0.2) is 0 Å². The Morgan fingerprint density at radius 2 is 2.18 bits per heavy atom. The molecule has 1 aliphatic heterocycles. The first kappa shape index (κ1) is 9.08. The second kappa shape index (κ2) is 4.12. The van der Waals surface area contributed by atoms with E-state index < -0.39 is 0 Å². The second-order valence-corrected chi connectivity index (χ2v) is 3.37. The molecule has 0 saturated carbocycles. The number of rotatable bonds is 2. The molecule has 3 heteroatoms. The Hall–Kier alpha value is -0.0151. The van der Waals surface area contributed by atoms with Crippen LogP contribution in [-0.4, -0.2) is 19.8 Å². The summed E-state index contributed by atoms with van der Waals surface area (Å²) < 4.78 is 11.1. The maximum absolute atomic E-state index is 5.62. The maximum atomic E-state index is 5.62. The zero-order valence-electron chi connectivity index (χ0n) is 7.67. The largest absolute Gasteiger partial charge is 0.457 e. The Kier molecular flexibility index (Phi) is 3.40. The molecule has 1 rings (SSSR count). The van der Waals surface area contributed by atoms with Gasteiger partial charge in [0, 0.05) is 18.6 Å². The van der Waals surface area contributed by atoms with Crippen molar-refractivity contribution in [2.75, 3.05) is 6.61 Å². The fraction of sp³-hybridized carbons (Fsp3) is 1.00. The van der Waals surface area contributed by atoms with Gasteiger partial charge in [-0.2, -0.15) is 0 Å². The van der Waals surface area contributed by atoms with E-state index in [1.807, 2.05) is 0 Å². The standard InChI is InChI=1S/C8H17BO2/c1-4-5-9-10-6-7(2)8(3)11-9/h7-8H,4-6H2,1-3H3/t7-,8-/m0/s1. The third-order valence-corrected chi connectivity index (χ3v) is 2.24. The lowest BCUT2D eigenvalue weighted by Crippen LogP contribution is -2.39. The van der Waals surface area contributed by atoms with Gasteiger partial charge in [-0.1, -0.05) is 20.3 Å². The third kappa shape index (κ3) is 2.49. The molecule has 0 bridgehead atoms. The summed E-state index contributed by atoms with van der Waals surface area (Å²) in [5, 5.41) is 0. The van der Waals surface area contributed by atoms with Crippen LogP contribution in [0, 0.1) is 5.92 Å². The van der Waals surface area contributed by atoms with Crippen molar-refractivity contribution in [3.8, 4) is 0 Å². The summed E-state index contributed by atoms with van der Waals surface area (Å²) in [6, 6.07) is 0. The van der Waals surface area contributed by atoms with Crippen LogP contribution in [0.5, 0.6) is 0 Å². The van der Waals surface area contributed by atoms with Gasteiger partial charge in [0.2, 0.25) is 0 Å². The van der Waals surface area contributed by atoms with Crippen LogP contribution in [0.1, 0.15) is 27.2 Å². The van der Waals surface area contributed by atoms with Gasteiger partial charge in [-0.25, -0.2) is 0 Å². The van der Waals surface area contributed by atoms with Gasteiger partial charge in [0.05, 0.1) is 0 Å². The lowest BCUT2D eigenvalue weighted by molar-refractivity contribution is 0.0309. The van der Waals surface area contributed by atoms with E-state index >= 15 is 0 Å². The van der Waals surface area contributed by atoms with E-state index in [2.05, 4.69) is 20.8 Å². The van der Waals surface area contributed by atoms with Gasteiger partial charge in [0.1, 0.15) is 0 Å². The third-order valence-electron chi connectivity index (χ3n) is 2.24. The van der Waals surface area contributed by atoms with Crippen LogP contribution < -0.4 is 0 Å². The summed E-state index contributed by atoms with van der Waals surface area (Å²) in [5.41, 5.74) is 0. The van der Waals surface area contributed by atoms with E-state index in [1.54, 1.807) is 0 Å². The van der Waals surface area contributed by atoms with Crippen molar-refractivity contribution in [3.63, 3.8) is 0 Å². The molecule has 1 heterocycles. The van der Waals surface area contributed by atoms with Gasteiger partial charge in [-0.3, -0.25) is 0 Å². The van der Waals surface area contributed by atoms with Gasteiger partial charge < -0.3 is 9.31 Å². The minimum absolute atomic E-state index is 0.0613. The second-order valence-electron chi connectivity index (χ2n) is 3.37. The average Bonchev–Trinajstić information content (AvgIpc) is 1.98.